The van der Waals surface area contributed by atoms with Gasteiger partial charge in [-0.05, 0) is 79.4 Å². The summed E-state index contributed by atoms with van der Waals surface area (Å²) in [6.07, 6.45) is 4.40. The maximum Gasteiger partial charge on any atom is 0.407 e. The number of hydrogen-bond acceptors (Lipinski definition) is 9. The third kappa shape index (κ3) is 8.40. The number of carbonyl (C=O) groups excluding carboxylic acids is 5. The standard InChI is InChI=1S/C40H55FN4O9/c1-5-9-34-53-23-40(54-34,39(4)20-31(47)35-27(28(39)6-2)19-30(41)29-18-26(46)15-16-38(29,35)3)32(48)21-44-37(51)52-22-24-11-13-25(14-12-24)45-33(49)10-7-8-17-43-36(42)50/h11-16,18,27-28,30-31,34-35,47H,5-10,17,19-23H2,1-4H3,(H,44,51)(H,45,49)(H3,42,43,50)/t27?,28-,30-,31-,34?,35?,38-,39-,40-/m0/s1. The Morgan fingerprint density at radius 2 is 1.83 bits per heavy atom. The highest BCUT2D eigenvalue weighted by atomic mass is 19.1. The van der Waals surface area contributed by atoms with Crippen LogP contribution in [0.25, 0.3) is 0 Å². The molecule has 3 unspecified atom stereocenters. The first-order valence-electron chi connectivity index (χ1n) is 19.1. The molecule has 1 aliphatic heterocycles. The molecule has 3 aliphatic carbocycles. The summed E-state index contributed by atoms with van der Waals surface area (Å²) in [5.41, 5.74) is 3.28. The van der Waals surface area contributed by atoms with E-state index in [2.05, 4.69) is 16.0 Å². The van der Waals surface area contributed by atoms with Crippen LogP contribution >= 0.6 is 0 Å². The number of aliphatic hydroxyl groups is 1. The number of aliphatic hydroxyl groups excluding tert-OH is 1. The highest BCUT2D eigenvalue weighted by molar-refractivity contribution is 6.01. The fourth-order valence-corrected chi connectivity index (χ4v) is 9.57. The lowest BCUT2D eigenvalue weighted by molar-refractivity contribution is -0.211. The highest BCUT2D eigenvalue weighted by Crippen LogP contribution is 2.65. The van der Waals surface area contributed by atoms with E-state index in [1.807, 2.05) is 27.7 Å². The van der Waals surface area contributed by atoms with Gasteiger partial charge in [0, 0.05) is 35.4 Å². The first kappa shape index (κ1) is 41.0. The molecule has 4 amide bonds. The molecule has 1 saturated heterocycles. The van der Waals surface area contributed by atoms with E-state index < -0.39 is 59.4 Å². The number of Topliss-reactive ketones (excluding diaryl/α,β-unsaturated/α-hetero) is 1. The van der Waals surface area contributed by atoms with E-state index >= 15 is 4.39 Å². The van der Waals surface area contributed by atoms with Gasteiger partial charge >= 0.3 is 12.1 Å². The lowest BCUT2D eigenvalue weighted by Gasteiger charge is -2.62. The maximum atomic E-state index is 16.0. The van der Waals surface area contributed by atoms with Crippen molar-refractivity contribution in [2.75, 3.05) is 25.0 Å². The fraction of sp³-hybridized carbons (Fsp3) is 0.625. The number of urea groups is 1. The van der Waals surface area contributed by atoms with Gasteiger partial charge in [-0.2, -0.15) is 0 Å². The summed E-state index contributed by atoms with van der Waals surface area (Å²) < 4.78 is 34.1. The van der Waals surface area contributed by atoms with Gasteiger partial charge in [0.15, 0.2) is 23.5 Å². The van der Waals surface area contributed by atoms with E-state index in [0.29, 0.717) is 49.1 Å². The molecule has 0 bridgehead atoms. The summed E-state index contributed by atoms with van der Waals surface area (Å²) in [6, 6.07) is 6.19. The fourth-order valence-electron chi connectivity index (χ4n) is 9.57. The van der Waals surface area contributed by atoms with Gasteiger partial charge in [0.2, 0.25) is 5.91 Å². The van der Waals surface area contributed by atoms with Crippen molar-refractivity contribution in [3.63, 3.8) is 0 Å². The van der Waals surface area contributed by atoms with Crippen LogP contribution in [0, 0.1) is 28.6 Å². The van der Waals surface area contributed by atoms with E-state index in [1.165, 1.54) is 12.2 Å². The SMILES string of the molecule is CCCC1OC[C@](C(=O)CNC(=O)OCc2ccc(NC(=O)CCCCNC(N)=O)cc2)([C@@]2(C)C[C@H](O)C3C(C[C@H](F)C4=CC(=O)C=C[C@@]43C)[C@@H]2CC)O1. The number of anilines is 1. The Morgan fingerprint density at radius 3 is 2.52 bits per heavy atom. The molecule has 0 spiro atoms. The zero-order chi connectivity index (χ0) is 39.3. The molecular formula is C40H55FN4O9. The van der Waals surface area contributed by atoms with E-state index in [4.69, 9.17) is 19.9 Å². The number of halogens is 1. The molecule has 1 heterocycles. The average molecular weight is 755 g/mol. The van der Waals surface area contributed by atoms with Gasteiger partial charge in [-0.25, -0.2) is 14.0 Å². The number of fused-ring (bicyclic) bond motifs is 3. The molecule has 2 saturated carbocycles. The van der Waals surface area contributed by atoms with Crippen molar-refractivity contribution in [2.24, 2.45) is 34.3 Å². The Balaban J connectivity index is 1.23. The van der Waals surface area contributed by atoms with Crippen molar-refractivity contribution in [1.29, 1.82) is 0 Å². The van der Waals surface area contributed by atoms with Crippen LogP contribution in [0.3, 0.4) is 0 Å². The molecule has 0 radical (unpaired) electrons. The summed E-state index contributed by atoms with van der Waals surface area (Å²) in [5.74, 6) is -1.82. The number of unbranched alkanes of at least 4 members (excludes halogenated alkanes) is 1. The zero-order valence-corrected chi connectivity index (χ0v) is 31.7. The largest absolute Gasteiger partial charge is 0.445 e. The third-order valence-electron chi connectivity index (χ3n) is 12.1. The lowest BCUT2D eigenvalue weighted by atomic mass is 9.43. The number of nitrogens with one attached hydrogen (secondary N) is 3. The Morgan fingerprint density at radius 1 is 1.09 bits per heavy atom. The van der Waals surface area contributed by atoms with Crippen molar-refractivity contribution in [2.45, 2.75) is 110 Å². The summed E-state index contributed by atoms with van der Waals surface area (Å²) in [5, 5.41) is 19.8. The van der Waals surface area contributed by atoms with Gasteiger partial charge in [0.25, 0.3) is 0 Å². The number of ketones is 2. The number of hydrogen-bond donors (Lipinski definition) is 5. The Bertz CT molecular complexity index is 1630. The molecule has 0 aromatic heterocycles. The van der Waals surface area contributed by atoms with Gasteiger partial charge in [-0.15, -0.1) is 0 Å². The van der Waals surface area contributed by atoms with E-state index in [9.17, 15) is 29.1 Å². The van der Waals surface area contributed by atoms with Gasteiger partial charge in [-0.3, -0.25) is 14.4 Å². The maximum absolute atomic E-state index is 16.0. The molecule has 6 N–H and O–H groups in total. The van der Waals surface area contributed by atoms with Crippen LogP contribution in [0.5, 0.6) is 0 Å². The Labute approximate surface area is 316 Å². The van der Waals surface area contributed by atoms with Crippen molar-refractivity contribution in [1.82, 2.24) is 10.6 Å². The number of rotatable bonds is 15. The highest BCUT2D eigenvalue weighted by Gasteiger charge is 2.68. The number of alkyl halides is 1. The second-order valence-electron chi connectivity index (χ2n) is 15.5. The van der Waals surface area contributed by atoms with E-state index in [1.54, 1.807) is 30.3 Å². The van der Waals surface area contributed by atoms with Gasteiger partial charge in [0.05, 0.1) is 19.3 Å². The van der Waals surface area contributed by atoms with Crippen LogP contribution in [-0.2, 0) is 35.2 Å². The quantitative estimate of drug-likeness (QED) is 0.153. The smallest absolute Gasteiger partial charge is 0.407 e. The van der Waals surface area contributed by atoms with Crippen molar-refractivity contribution < 1.29 is 47.7 Å². The average Bonchev–Trinajstić information content (AvgIpc) is 3.56. The Kier molecular flexibility index (Phi) is 13.0. The number of benzene rings is 1. The molecule has 4 aliphatic rings. The summed E-state index contributed by atoms with van der Waals surface area (Å²) in [6.45, 7) is 7.61. The predicted molar refractivity (Wildman–Crippen MR) is 198 cm³/mol. The number of primary amides is 1. The van der Waals surface area contributed by atoms with Crippen LogP contribution in [0.15, 0.2) is 48.1 Å². The van der Waals surface area contributed by atoms with Gasteiger partial charge < -0.3 is 41.0 Å². The van der Waals surface area contributed by atoms with Crippen molar-refractivity contribution >= 4 is 35.3 Å². The molecular weight excluding hydrogens is 699 g/mol. The number of ether oxygens (including phenoxy) is 3. The van der Waals surface area contributed by atoms with Crippen LogP contribution in [0.1, 0.15) is 84.6 Å². The minimum atomic E-state index is -1.53. The molecule has 1 aromatic carbocycles. The number of nitrogens with two attached hydrogens (primary N) is 1. The van der Waals surface area contributed by atoms with Crippen molar-refractivity contribution in [3.8, 4) is 0 Å². The number of carbonyl (C=O) groups is 5. The zero-order valence-electron chi connectivity index (χ0n) is 31.7. The lowest BCUT2D eigenvalue weighted by Crippen LogP contribution is -2.67. The second kappa shape index (κ2) is 17.1. The van der Waals surface area contributed by atoms with Crippen molar-refractivity contribution in [3.05, 3.63) is 53.6 Å². The summed E-state index contributed by atoms with van der Waals surface area (Å²) >= 11 is 0. The third-order valence-corrected chi connectivity index (χ3v) is 12.1. The van der Waals surface area contributed by atoms with Crippen LogP contribution in [0.4, 0.5) is 19.7 Å². The first-order chi connectivity index (χ1) is 25.7. The molecule has 5 rings (SSSR count). The van der Waals surface area contributed by atoms with Gasteiger partial charge in [-0.1, -0.05) is 58.7 Å². The minimum absolute atomic E-state index is 0.0738. The second-order valence-corrected chi connectivity index (χ2v) is 15.5. The number of amides is 4. The Hall–Kier alpha value is -4.14. The number of allylic oxidation sites excluding steroid dienone is 4. The molecule has 3 fully saturated rings. The predicted octanol–water partition coefficient (Wildman–Crippen LogP) is 5.01. The molecule has 9 atom stereocenters. The van der Waals surface area contributed by atoms with Crippen LogP contribution < -0.4 is 21.7 Å². The first-order valence-corrected chi connectivity index (χ1v) is 19.1. The summed E-state index contributed by atoms with van der Waals surface area (Å²) in [7, 11) is 0. The van der Waals surface area contributed by atoms with Crippen LogP contribution in [0.2, 0.25) is 0 Å². The topological polar surface area (TPSA) is 195 Å². The summed E-state index contributed by atoms with van der Waals surface area (Å²) in [4.78, 5) is 62.5. The molecule has 296 valence electrons. The molecule has 1 aromatic rings. The molecule has 54 heavy (non-hydrogen) atoms. The van der Waals surface area contributed by atoms with Gasteiger partial charge in [0.1, 0.15) is 12.8 Å². The molecule has 14 heteroatoms. The normalized spacial score (nSPS) is 32.9. The van der Waals surface area contributed by atoms with E-state index in [-0.39, 0.29) is 61.9 Å². The van der Waals surface area contributed by atoms with Crippen LogP contribution in [-0.4, -0.2) is 78.6 Å². The monoisotopic (exact) mass is 754 g/mol. The number of alkyl carbamates (subject to hydrolysis) is 1. The van der Waals surface area contributed by atoms with E-state index in [0.717, 1.165) is 6.42 Å². The minimum Gasteiger partial charge on any atom is -0.445 e. The molecule has 13 nitrogen and oxygen atoms in total.